The molecule has 0 unspecified atom stereocenters. The van der Waals surface area contributed by atoms with Crippen molar-refractivity contribution < 1.29 is 39.6 Å². The topological polar surface area (TPSA) is 201 Å². The van der Waals surface area contributed by atoms with Gasteiger partial charge in [0.1, 0.15) is 0 Å². The van der Waals surface area contributed by atoms with Crippen molar-refractivity contribution in [2.24, 2.45) is 0 Å². The Morgan fingerprint density at radius 1 is 0.471 bits per heavy atom. The van der Waals surface area contributed by atoms with Crippen LogP contribution in [-0.4, -0.2) is 134 Å². The van der Waals surface area contributed by atoms with Crippen molar-refractivity contribution in [3.05, 3.63) is 0 Å². The van der Waals surface area contributed by atoms with Crippen molar-refractivity contribution in [1.29, 1.82) is 0 Å². The molecule has 0 aliphatic carbocycles. The summed E-state index contributed by atoms with van der Waals surface area (Å²) in [6, 6.07) is 0. The van der Waals surface area contributed by atoms with Gasteiger partial charge in [-0.25, -0.2) is 0 Å². The molecular formula is H5AlCaGe5O10. The van der Waals surface area contributed by atoms with E-state index < -0.39 is 78.5 Å². The van der Waals surface area contributed by atoms with Crippen LogP contribution in [0.15, 0.2) is 0 Å². The summed E-state index contributed by atoms with van der Waals surface area (Å²) in [4.78, 5) is 0. The van der Waals surface area contributed by atoms with Crippen LogP contribution in [0.1, 0.15) is 0 Å². The van der Waals surface area contributed by atoms with Crippen molar-refractivity contribution in [3.63, 3.8) is 0 Å². The van der Waals surface area contributed by atoms with Gasteiger partial charge in [-0.2, -0.15) is 0 Å². The maximum atomic E-state index is 8.53. The predicted octanol–water partition coefficient (Wildman–Crippen LogP) is -10.5. The van der Waals surface area contributed by atoms with Crippen LogP contribution in [0.2, 0.25) is 0 Å². The monoisotopic (exact) mass is 602 g/mol. The van der Waals surface area contributed by atoms with Gasteiger partial charge >= 0.3 is 173 Å². The molecule has 90 valence electrons. The van der Waals surface area contributed by atoms with Gasteiger partial charge in [0.25, 0.3) is 0 Å². The van der Waals surface area contributed by atoms with Crippen molar-refractivity contribution in [3.8, 4) is 0 Å². The Morgan fingerprint density at radius 3 is 0.471 bits per heavy atom. The Hall–Kier alpha value is 2.51. The molecule has 0 spiro atoms. The van der Waals surface area contributed by atoms with Crippen LogP contribution in [0.5, 0.6) is 0 Å². The van der Waals surface area contributed by atoms with E-state index >= 15 is 0 Å². The van der Waals surface area contributed by atoms with E-state index in [-0.39, 0.29) is 55.1 Å². The molecule has 17 heteroatoms. The van der Waals surface area contributed by atoms with E-state index in [1.807, 2.05) is 0 Å². The van der Waals surface area contributed by atoms with Gasteiger partial charge in [0.2, 0.25) is 0 Å². The van der Waals surface area contributed by atoms with Crippen LogP contribution < -0.4 is 20.7 Å². The Balaban J connectivity index is -0.0000000143. The van der Waals surface area contributed by atoms with Gasteiger partial charge in [-0.15, -0.1) is 0 Å². The van der Waals surface area contributed by atoms with Crippen molar-refractivity contribution in [2.45, 2.75) is 0 Å². The van der Waals surface area contributed by atoms with Crippen molar-refractivity contribution >= 4 is 134 Å². The molecule has 0 aromatic heterocycles. The van der Waals surface area contributed by atoms with Gasteiger partial charge in [-0.3, -0.25) is 0 Å². The van der Waals surface area contributed by atoms with Gasteiger partial charge < -0.3 is 0 Å². The molecule has 10 nitrogen and oxygen atoms in total. The number of hydrogen-bond donors (Lipinski definition) is 0. The maximum absolute atomic E-state index is 8.53. The summed E-state index contributed by atoms with van der Waals surface area (Å²) < 4.78 is 85.3. The Labute approximate surface area is 170 Å². The minimum atomic E-state index is -2.19. The first-order valence-electron chi connectivity index (χ1n) is 2.36. The van der Waals surface area contributed by atoms with E-state index in [0.717, 1.165) is 0 Å². The second-order valence-corrected chi connectivity index (χ2v) is 2.50. The first kappa shape index (κ1) is 42.7. The fourth-order valence-corrected chi connectivity index (χ4v) is 0. The molecule has 0 bridgehead atoms. The SMILES string of the molecule is [Al+3].[Ca+2].[O]=[GeH][O-].[O]=[GeH][O-].[O]=[GeH][O-].[O]=[GeH][O-].[O]=[GeH][O-]. The molecule has 0 atom stereocenters. The number of hydrogen-bond acceptors (Lipinski definition) is 10. The molecule has 0 aliphatic heterocycles. The third-order valence-electron chi connectivity index (χ3n) is 0. The zero-order valence-electron chi connectivity index (χ0n) is 8.25. The summed E-state index contributed by atoms with van der Waals surface area (Å²) in [7, 11) is 0. The molecular weight excluding hydrogens is 590 g/mol. The standard InChI is InChI=1S/Al.Ca.5GeHO2/c;;5*2-1-3/h;;5*1H/q+3;+2;5*-1. The van der Waals surface area contributed by atoms with Gasteiger partial charge in [-0.05, 0) is 0 Å². The van der Waals surface area contributed by atoms with Crippen LogP contribution in [0, 0.1) is 0 Å². The zero-order valence-corrected chi connectivity index (χ0v) is 23.7. The zero-order chi connectivity index (χ0) is 13.5. The molecule has 0 aliphatic rings. The molecule has 0 saturated heterocycles. The van der Waals surface area contributed by atoms with E-state index in [1.54, 1.807) is 0 Å². The van der Waals surface area contributed by atoms with E-state index in [2.05, 4.69) is 0 Å². The Bertz CT molecular complexity index is 97.0. The van der Waals surface area contributed by atoms with Gasteiger partial charge in [0.15, 0.2) is 0 Å². The summed E-state index contributed by atoms with van der Waals surface area (Å²) >= 11 is -10.9. The molecule has 0 heterocycles. The van der Waals surface area contributed by atoms with Gasteiger partial charge in [0, 0.05) is 0 Å². The normalized spacial score (nSPS) is 3.53. The van der Waals surface area contributed by atoms with Gasteiger partial charge in [-0.1, -0.05) is 0 Å². The summed E-state index contributed by atoms with van der Waals surface area (Å²) in [5.41, 5.74) is 0. The third-order valence-corrected chi connectivity index (χ3v) is 0. The van der Waals surface area contributed by atoms with Gasteiger partial charge in [0.05, 0.1) is 0 Å². The van der Waals surface area contributed by atoms with E-state index in [9.17, 15) is 0 Å². The quantitative estimate of drug-likeness (QED) is 0.242. The summed E-state index contributed by atoms with van der Waals surface area (Å²) in [6.07, 6.45) is 0. The molecule has 0 rings (SSSR count). The molecule has 0 N–H and O–H groups in total. The molecule has 0 saturated carbocycles. The molecule has 17 heavy (non-hydrogen) atoms. The first-order chi connectivity index (χ1) is 7.07. The predicted molar refractivity (Wildman–Crippen MR) is 50.7 cm³/mol. The second kappa shape index (κ2) is 101. The van der Waals surface area contributed by atoms with E-state index in [4.69, 9.17) is 39.6 Å². The average Bonchev–Trinajstić information content (AvgIpc) is 2.09. The second-order valence-electron chi connectivity index (χ2n) is 0.481. The molecule has 0 aromatic carbocycles. The fraction of sp³-hybridized carbons (Fsp3) is 0. The molecule has 0 fully saturated rings. The van der Waals surface area contributed by atoms with Crippen molar-refractivity contribution in [2.75, 3.05) is 0 Å². The molecule has 0 radical (unpaired) electrons. The Kier molecular flexibility index (Phi) is 253. The molecule has 0 aromatic rings. The van der Waals surface area contributed by atoms with Crippen LogP contribution in [0.25, 0.3) is 0 Å². The summed E-state index contributed by atoms with van der Waals surface area (Å²) in [6.45, 7) is 0. The number of rotatable bonds is 0. The van der Waals surface area contributed by atoms with Crippen LogP contribution >= 0.6 is 0 Å². The van der Waals surface area contributed by atoms with E-state index in [1.165, 1.54) is 0 Å². The van der Waals surface area contributed by atoms with E-state index in [0.29, 0.717) is 0 Å². The fourth-order valence-electron chi connectivity index (χ4n) is 0. The summed E-state index contributed by atoms with van der Waals surface area (Å²) in [5.74, 6) is 0. The average molecular weight is 595 g/mol. The third kappa shape index (κ3) is 803. The molecule has 0 amide bonds. The minimum absolute atomic E-state index is 0. The summed E-state index contributed by atoms with van der Waals surface area (Å²) in [5, 5.41) is 0. The van der Waals surface area contributed by atoms with Crippen LogP contribution in [0.3, 0.4) is 0 Å². The first-order valence-corrected chi connectivity index (χ1v) is 12.2. The Morgan fingerprint density at radius 2 is 0.471 bits per heavy atom. The van der Waals surface area contributed by atoms with Crippen molar-refractivity contribution in [1.82, 2.24) is 0 Å². The van der Waals surface area contributed by atoms with Crippen LogP contribution in [-0.2, 0) is 18.9 Å². The van der Waals surface area contributed by atoms with Crippen LogP contribution in [0.4, 0.5) is 0 Å².